The van der Waals surface area contributed by atoms with Crippen LogP contribution in [0.4, 0.5) is 5.69 Å². The number of carbonyl (C=O) groups is 3. The van der Waals surface area contributed by atoms with Crippen molar-refractivity contribution in [2.24, 2.45) is 0 Å². The third-order valence-corrected chi connectivity index (χ3v) is 6.98. The first-order valence-electron chi connectivity index (χ1n) is 12.2. The first-order chi connectivity index (χ1) is 17.0. The Labute approximate surface area is 205 Å². The van der Waals surface area contributed by atoms with Gasteiger partial charge in [-0.3, -0.25) is 14.4 Å². The summed E-state index contributed by atoms with van der Waals surface area (Å²) in [5.41, 5.74) is 3.88. The van der Waals surface area contributed by atoms with Crippen molar-refractivity contribution < 1.29 is 14.4 Å². The SMILES string of the molecule is C[C@H](CNC(=O)c1ccc(CN2C(=O)[C@@H]3CCCN3C(=O)c3ccccc32)cc1)c1ccccc1. The van der Waals surface area contributed by atoms with Crippen molar-refractivity contribution >= 4 is 23.4 Å². The van der Waals surface area contributed by atoms with Crippen molar-refractivity contribution in [3.05, 3.63) is 101 Å². The molecule has 3 aromatic rings. The smallest absolute Gasteiger partial charge is 0.256 e. The van der Waals surface area contributed by atoms with Gasteiger partial charge in [0.1, 0.15) is 6.04 Å². The van der Waals surface area contributed by atoms with E-state index in [0.29, 0.717) is 42.9 Å². The molecule has 2 aliphatic heterocycles. The number of amides is 3. The molecule has 1 saturated heterocycles. The van der Waals surface area contributed by atoms with Crippen molar-refractivity contribution in [3.63, 3.8) is 0 Å². The van der Waals surface area contributed by atoms with Gasteiger partial charge in [-0.2, -0.15) is 0 Å². The largest absolute Gasteiger partial charge is 0.351 e. The second kappa shape index (κ2) is 9.74. The molecule has 0 bridgehead atoms. The highest BCUT2D eigenvalue weighted by Crippen LogP contribution is 2.33. The average molecular weight is 468 g/mol. The molecule has 3 amide bonds. The van der Waals surface area contributed by atoms with Crippen LogP contribution in [0.3, 0.4) is 0 Å². The molecule has 0 spiro atoms. The van der Waals surface area contributed by atoms with E-state index < -0.39 is 6.04 Å². The first-order valence-corrected chi connectivity index (χ1v) is 12.2. The Morgan fingerprint density at radius 2 is 1.69 bits per heavy atom. The number of hydrogen-bond acceptors (Lipinski definition) is 3. The van der Waals surface area contributed by atoms with Crippen LogP contribution in [0.1, 0.15) is 57.5 Å². The maximum atomic E-state index is 13.4. The van der Waals surface area contributed by atoms with Gasteiger partial charge in [0.05, 0.1) is 17.8 Å². The van der Waals surface area contributed by atoms with E-state index in [1.54, 1.807) is 28.0 Å². The van der Waals surface area contributed by atoms with Gasteiger partial charge in [0, 0.05) is 18.7 Å². The summed E-state index contributed by atoms with van der Waals surface area (Å²) in [7, 11) is 0. The molecule has 0 saturated carbocycles. The minimum absolute atomic E-state index is 0.0440. The summed E-state index contributed by atoms with van der Waals surface area (Å²) in [4.78, 5) is 42.7. The van der Waals surface area contributed by atoms with Gasteiger partial charge in [-0.25, -0.2) is 0 Å². The van der Waals surface area contributed by atoms with E-state index in [2.05, 4.69) is 24.4 Å². The molecule has 0 unspecified atom stereocenters. The number of hydrogen-bond donors (Lipinski definition) is 1. The van der Waals surface area contributed by atoms with E-state index in [1.807, 2.05) is 48.5 Å². The molecule has 178 valence electrons. The summed E-state index contributed by atoms with van der Waals surface area (Å²) in [6.07, 6.45) is 1.53. The quantitative estimate of drug-likeness (QED) is 0.585. The summed E-state index contributed by atoms with van der Waals surface area (Å²) in [5, 5.41) is 3.01. The Hall–Kier alpha value is -3.93. The van der Waals surface area contributed by atoms with Gasteiger partial charge in [0.25, 0.3) is 11.8 Å². The number of nitrogens with zero attached hydrogens (tertiary/aromatic N) is 2. The fraction of sp³-hybridized carbons (Fsp3) is 0.276. The Bertz CT molecular complexity index is 1240. The maximum absolute atomic E-state index is 13.4. The third-order valence-electron chi connectivity index (χ3n) is 6.98. The molecule has 1 fully saturated rings. The van der Waals surface area contributed by atoms with Crippen molar-refractivity contribution in [1.82, 2.24) is 10.2 Å². The van der Waals surface area contributed by atoms with Crippen LogP contribution in [-0.2, 0) is 11.3 Å². The van der Waals surface area contributed by atoms with Crippen molar-refractivity contribution in [1.29, 1.82) is 0 Å². The second-order valence-corrected chi connectivity index (χ2v) is 9.32. The standard InChI is InChI=1S/C29H29N3O3/c1-20(22-8-3-2-4-9-22)18-30-27(33)23-15-13-21(14-16-23)19-32-25-11-6-5-10-24(25)28(34)31-17-7-12-26(31)29(32)35/h2-6,8-11,13-16,20,26H,7,12,17-19H2,1H3,(H,30,33)/t20-,26+/m1/s1. The molecule has 2 heterocycles. The predicted molar refractivity (Wildman–Crippen MR) is 135 cm³/mol. The number of para-hydroxylation sites is 1. The maximum Gasteiger partial charge on any atom is 0.256 e. The topological polar surface area (TPSA) is 69.7 Å². The highest BCUT2D eigenvalue weighted by molar-refractivity contribution is 6.11. The molecule has 1 N–H and O–H groups in total. The Morgan fingerprint density at radius 3 is 2.46 bits per heavy atom. The van der Waals surface area contributed by atoms with E-state index in [9.17, 15) is 14.4 Å². The highest BCUT2D eigenvalue weighted by Gasteiger charge is 2.41. The Balaban J connectivity index is 1.30. The van der Waals surface area contributed by atoms with Crippen LogP contribution in [0.15, 0.2) is 78.9 Å². The normalized spacial score (nSPS) is 18.0. The molecule has 6 nitrogen and oxygen atoms in total. The molecule has 2 atom stereocenters. The Kier molecular flexibility index (Phi) is 6.36. The van der Waals surface area contributed by atoms with Crippen LogP contribution in [0.2, 0.25) is 0 Å². The van der Waals surface area contributed by atoms with E-state index >= 15 is 0 Å². The van der Waals surface area contributed by atoms with Crippen molar-refractivity contribution in [2.75, 3.05) is 18.0 Å². The fourth-order valence-electron chi connectivity index (χ4n) is 4.96. The fourth-order valence-corrected chi connectivity index (χ4v) is 4.96. The van der Waals surface area contributed by atoms with Gasteiger partial charge >= 0.3 is 0 Å². The van der Waals surface area contributed by atoms with Crippen LogP contribution in [0.25, 0.3) is 0 Å². The van der Waals surface area contributed by atoms with Gasteiger partial charge in [0.2, 0.25) is 5.91 Å². The van der Waals surface area contributed by atoms with Crippen LogP contribution in [-0.4, -0.2) is 41.8 Å². The zero-order valence-electron chi connectivity index (χ0n) is 19.8. The summed E-state index contributed by atoms with van der Waals surface area (Å²) in [5.74, 6) is -0.0256. The van der Waals surface area contributed by atoms with Gasteiger partial charge in [-0.1, -0.05) is 61.5 Å². The lowest BCUT2D eigenvalue weighted by molar-refractivity contribution is -0.122. The van der Waals surface area contributed by atoms with E-state index in [4.69, 9.17) is 0 Å². The monoisotopic (exact) mass is 467 g/mol. The van der Waals surface area contributed by atoms with Crippen molar-refractivity contribution in [2.45, 2.75) is 38.3 Å². The van der Waals surface area contributed by atoms with Gasteiger partial charge < -0.3 is 15.1 Å². The minimum atomic E-state index is -0.411. The van der Waals surface area contributed by atoms with Crippen molar-refractivity contribution in [3.8, 4) is 0 Å². The van der Waals surface area contributed by atoms with Gasteiger partial charge in [-0.05, 0) is 54.2 Å². The number of benzene rings is 3. The number of nitrogens with one attached hydrogen (secondary N) is 1. The molecule has 0 aromatic heterocycles. The summed E-state index contributed by atoms with van der Waals surface area (Å²) in [6, 6.07) is 24.4. The van der Waals surface area contributed by atoms with Crippen LogP contribution in [0.5, 0.6) is 0 Å². The predicted octanol–water partition coefficient (Wildman–Crippen LogP) is 4.37. The summed E-state index contributed by atoms with van der Waals surface area (Å²) >= 11 is 0. The molecule has 2 aliphatic rings. The third kappa shape index (κ3) is 4.56. The molecule has 35 heavy (non-hydrogen) atoms. The number of carbonyl (C=O) groups excluding carboxylic acids is 3. The molecule has 3 aromatic carbocycles. The molecular formula is C29H29N3O3. The zero-order valence-corrected chi connectivity index (χ0v) is 19.8. The van der Waals surface area contributed by atoms with Gasteiger partial charge in [0.15, 0.2) is 0 Å². The molecular weight excluding hydrogens is 438 g/mol. The average Bonchev–Trinajstić information content (AvgIpc) is 3.38. The van der Waals surface area contributed by atoms with Crippen LogP contribution >= 0.6 is 0 Å². The number of fused-ring (bicyclic) bond motifs is 2. The Morgan fingerprint density at radius 1 is 0.971 bits per heavy atom. The molecule has 0 radical (unpaired) electrons. The van der Waals surface area contributed by atoms with Crippen LogP contribution < -0.4 is 10.2 Å². The van der Waals surface area contributed by atoms with Gasteiger partial charge in [-0.15, -0.1) is 0 Å². The summed E-state index contributed by atoms with van der Waals surface area (Å²) in [6.45, 7) is 3.60. The van der Waals surface area contributed by atoms with E-state index in [-0.39, 0.29) is 23.6 Å². The number of rotatable bonds is 6. The number of anilines is 1. The molecule has 6 heteroatoms. The van der Waals surface area contributed by atoms with Crippen LogP contribution in [0, 0.1) is 0 Å². The molecule has 0 aliphatic carbocycles. The first kappa shape index (κ1) is 22.8. The lowest BCUT2D eigenvalue weighted by Crippen LogP contribution is -2.44. The van der Waals surface area contributed by atoms with E-state index in [1.165, 1.54) is 5.56 Å². The zero-order chi connectivity index (χ0) is 24.4. The second-order valence-electron chi connectivity index (χ2n) is 9.32. The lowest BCUT2D eigenvalue weighted by atomic mass is 10.0. The summed E-state index contributed by atoms with van der Waals surface area (Å²) < 4.78 is 0. The van der Waals surface area contributed by atoms with E-state index in [0.717, 1.165) is 12.0 Å². The highest BCUT2D eigenvalue weighted by atomic mass is 16.2. The lowest BCUT2D eigenvalue weighted by Gasteiger charge is -2.26. The minimum Gasteiger partial charge on any atom is -0.351 e. The molecule has 5 rings (SSSR count).